The molecule has 30 heavy (non-hydrogen) atoms. The summed E-state index contributed by atoms with van der Waals surface area (Å²) in [7, 11) is 0. The van der Waals surface area contributed by atoms with Crippen molar-refractivity contribution in [2.24, 2.45) is 29.6 Å². The summed E-state index contributed by atoms with van der Waals surface area (Å²) < 4.78 is 0. The van der Waals surface area contributed by atoms with Gasteiger partial charge in [0.1, 0.15) is 0 Å². The van der Waals surface area contributed by atoms with E-state index in [0.29, 0.717) is 0 Å². The van der Waals surface area contributed by atoms with Gasteiger partial charge in [-0.15, -0.1) is 0 Å². The van der Waals surface area contributed by atoms with E-state index in [1.165, 1.54) is 6.92 Å². The lowest BCUT2D eigenvalue weighted by atomic mass is 9.82. The molecule has 0 aliphatic rings. The fourth-order valence-electron chi connectivity index (χ4n) is 3.01. The minimum atomic E-state index is -1.01. The summed E-state index contributed by atoms with van der Waals surface area (Å²) in [4.78, 5) is 69.4. The van der Waals surface area contributed by atoms with E-state index in [2.05, 4.69) is 0 Å². The van der Waals surface area contributed by atoms with Gasteiger partial charge in [-0.1, -0.05) is 6.92 Å². The number of carbonyl (C=O) groups excluding carboxylic acids is 6. The first-order valence-corrected chi connectivity index (χ1v) is 11.2. The molecule has 6 nitrogen and oxygen atoms in total. The average Bonchev–Trinajstić information content (AvgIpc) is 2.60. The Hall–Kier alpha value is -0.240. The largest absolute Gasteiger partial charge is 0.281 e. The molecular formula is C18H20Cl6O6. The van der Waals surface area contributed by atoms with Crippen LogP contribution in [-0.4, -0.2) is 31.5 Å². The summed E-state index contributed by atoms with van der Waals surface area (Å²) in [5, 5.41) is -4.59. The maximum absolute atomic E-state index is 11.9. The van der Waals surface area contributed by atoms with E-state index in [4.69, 9.17) is 69.6 Å². The molecular weight excluding hydrogens is 525 g/mol. The van der Waals surface area contributed by atoms with Gasteiger partial charge in [-0.3, -0.25) is 28.8 Å². The van der Waals surface area contributed by atoms with E-state index in [1.807, 2.05) is 0 Å². The minimum Gasteiger partial charge on any atom is -0.281 e. The minimum absolute atomic E-state index is 0.00294. The predicted molar refractivity (Wildman–Crippen MR) is 116 cm³/mol. The summed E-state index contributed by atoms with van der Waals surface area (Å²) in [6, 6.07) is 0. The van der Waals surface area contributed by atoms with Crippen LogP contribution in [0.25, 0.3) is 0 Å². The summed E-state index contributed by atoms with van der Waals surface area (Å²) in [6.07, 6.45) is -0.595. The lowest BCUT2D eigenvalue weighted by Gasteiger charge is -2.24. The second kappa shape index (κ2) is 14.8. The summed E-state index contributed by atoms with van der Waals surface area (Å²) in [5.74, 6) is -4.52. The zero-order valence-electron chi connectivity index (χ0n) is 15.8. The standard InChI is InChI=1S/C18H20Cl6O6/c1-8(14(20)26)4-10(16(22)28)6-12(18(24)30)7-11(17(23)29)5-9(15(21)27)2-3-13(19)25/h8-12H,2-7H2,1H3. The van der Waals surface area contributed by atoms with Gasteiger partial charge in [0.2, 0.25) is 31.5 Å². The highest BCUT2D eigenvalue weighted by molar-refractivity contribution is 6.66. The fourth-order valence-corrected chi connectivity index (χ4v) is 3.94. The molecule has 0 spiro atoms. The van der Waals surface area contributed by atoms with Crippen LogP contribution >= 0.6 is 69.6 Å². The molecule has 12 heteroatoms. The second-order valence-corrected chi connectivity index (χ2v) is 9.33. The molecule has 0 N–H and O–H groups in total. The molecule has 0 bridgehead atoms. The molecule has 0 aromatic heterocycles. The molecule has 5 atom stereocenters. The van der Waals surface area contributed by atoms with Crippen molar-refractivity contribution in [1.82, 2.24) is 0 Å². The van der Waals surface area contributed by atoms with Gasteiger partial charge in [-0.2, -0.15) is 0 Å². The zero-order valence-corrected chi connectivity index (χ0v) is 20.4. The Bertz CT molecular complexity index is 682. The predicted octanol–water partition coefficient (Wildman–Crippen LogP) is 5.02. The average molecular weight is 545 g/mol. The molecule has 0 aromatic carbocycles. The van der Waals surface area contributed by atoms with Gasteiger partial charge in [0.05, 0.1) is 0 Å². The number of rotatable bonds is 16. The van der Waals surface area contributed by atoms with Gasteiger partial charge in [0.25, 0.3) is 0 Å². The third-order valence-electron chi connectivity index (χ3n) is 4.71. The van der Waals surface area contributed by atoms with E-state index in [0.717, 1.165) is 0 Å². The zero-order chi connectivity index (χ0) is 23.6. The van der Waals surface area contributed by atoms with Crippen molar-refractivity contribution in [3.05, 3.63) is 0 Å². The van der Waals surface area contributed by atoms with Crippen molar-refractivity contribution in [2.45, 2.75) is 45.4 Å². The monoisotopic (exact) mass is 542 g/mol. The van der Waals surface area contributed by atoms with Crippen LogP contribution < -0.4 is 0 Å². The number of hydrogen-bond acceptors (Lipinski definition) is 6. The lowest BCUT2D eigenvalue weighted by Crippen LogP contribution is -2.27. The van der Waals surface area contributed by atoms with Crippen molar-refractivity contribution < 1.29 is 28.8 Å². The Morgan fingerprint density at radius 2 is 0.867 bits per heavy atom. The lowest BCUT2D eigenvalue weighted by molar-refractivity contribution is -0.120. The fraction of sp³-hybridized carbons (Fsp3) is 0.667. The first-order chi connectivity index (χ1) is 13.8. The first kappa shape index (κ1) is 29.8. The van der Waals surface area contributed by atoms with Crippen LogP contribution in [0.1, 0.15) is 45.4 Å². The van der Waals surface area contributed by atoms with Gasteiger partial charge >= 0.3 is 0 Å². The van der Waals surface area contributed by atoms with Gasteiger partial charge in [0, 0.05) is 36.0 Å². The molecule has 0 radical (unpaired) electrons. The van der Waals surface area contributed by atoms with Crippen LogP contribution in [0.2, 0.25) is 0 Å². The van der Waals surface area contributed by atoms with Crippen LogP contribution in [0.3, 0.4) is 0 Å². The highest BCUT2D eigenvalue weighted by Gasteiger charge is 2.33. The highest BCUT2D eigenvalue weighted by Crippen LogP contribution is 2.33. The van der Waals surface area contributed by atoms with E-state index >= 15 is 0 Å². The van der Waals surface area contributed by atoms with E-state index in [1.54, 1.807) is 0 Å². The number of hydrogen-bond donors (Lipinski definition) is 0. The molecule has 0 amide bonds. The molecule has 0 aliphatic carbocycles. The SMILES string of the molecule is CC(CC(CC(CC(CC(CCC(=O)Cl)C(=O)Cl)C(=O)Cl)C(=O)Cl)C(=O)Cl)C(=O)Cl. The topological polar surface area (TPSA) is 102 Å². The van der Waals surface area contributed by atoms with Gasteiger partial charge in [0.15, 0.2) is 0 Å². The van der Waals surface area contributed by atoms with Crippen molar-refractivity contribution in [3.63, 3.8) is 0 Å². The van der Waals surface area contributed by atoms with E-state index < -0.39 is 61.0 Å². The Morgan fingerprint density at radius 1 is 0.533 bits per heavy atom. The summed E-state index contributed by atoms with van der Waals surface area (Å²) >= 11 is 33.1. The normalized spacial score (nSPS) is 16.1. The van der Waals surface area contributed by atoms with Crippen LogP contribution in [-0.2, 0) is 28.8 Å². The quantitative estimate of drug-likeness (QED) is 0.253. The molecule has 0 heterocycles. The number of carbonyl (C=O) groups is 6. The van der Waals surface area contributed by atoms with Gasteiger partial charge in [-0.25, -0.2) is 0 Å². The van der Waals surface area contributed by atoms with Gasteiger partial charge in [-0.05, 0) is 102 Å². The van der Waals surface area contributed by atoms with Gasteiger partial charge < -0.3 is 0 Å². The van der Waals surface area contributed by atoms with Crippen molar-refractivity contribution >= 4 is 101 Å². The summed E-state index contributed by atoms with van der Waals surface area (Å²) in [5.41, 5.74) is 0. The second-order valence-electron chi connectivity index (χ2n) is 7.05. The molecule has 0 rings (SSSR count). The van der Waals surface area contributed by atoms with Crippen molar-refractivity contribution in [2.75, 3.05) is 0 Å². The maximum Gasteiger partial charge on any atom is 0.224 e. The number of halogens is 6. The molecule has 170 valence electrons. The molecule has 0 aliphatic heterocycles. The Morgan fingerprint density at radius 3 is 1.17 bits per heavy atom. The Kier molecular flexibility index (Phi) is 14.6. The van der Waals surface area contributed by atoms with Crippen LogP contribution in [0, 0.1) is 29.6 Å². The molecule has 0 aromatic rings. The summed E-state index contributed by atoms with van der Waals surface area (Å²) in [6.45, 7) is 1.50. The smallest absolute Gasteiger partial charge is 0.224 e. The van der Waals surface area contributed by atoms with Crippen molar-refractivity contribution in [1.29, 1.82) is 0 Å². The third-order valence-corrected chi connectivity index (χ3v) is 6.50. The third kappa shape index (κ3) is 12.0. The van der Waals surface area contributed by atoms with Crippen LogP contribution in [0.4, 0.5) is 0 Å². The maximum atomic E-state index is 11.9. The molecule has 0 saturated heterocycles. The van der Waals surface area contributed by atoms with E-state index in [9.17, 15) is 28.8 Å². The molecule has 0 saturated carbocycles. The Labute approximate surface area is 204 Å². The highest BCUT2D eigenvalue weighted by atomic mass is 35.5. The van der Waals surface area contributed by atoms with E-state index in [-0.39, 0.29) is 38.5 Å². The van der Waals surface area contributed by atoms with Crippen LogP contribution in [0.5, 0.6) is 0 Å². The van der Waals surface area contributed by atoms with Crippen molar-refractivity contribution in [3.8, 4) is 0 Å². The van der Waals surface area contributed by atoms with Crippen LogP contribution in [0.15, 0.2) is 0 Å². The molecule has 0 fully saturated rings. The first-order valence-electron chi connectivity index (χ1n) is 8.91. The molecule has 5 unspecified atom stereocenters. The Balaban J connectivity index is 5.43.